The number of rotatable bonds is 4. The molecule has 0 spiro atoms. The fourth-order valence-electron chi connectivity index (χ4n) is 2.92. The maximum Gasteiger partial charge on any atom is 0.409 e. The molecule has 1 rings (SSSR count). The Hall–Kier alpha value is -1.79. The van der Waals surface area contributed by atoms with Crippen LogP contribution in [0.2, 0.25) is 0 Å². The molecule has 0 radical (unpaired) electrons. The van der Waals surface area contributed by atoms with E-state index in [1.165, 1.54) is 16.9 Å². The van der Waals surface area contributed by atoms with Crippen LogP contribution in [0.5, 0.6) is 0 Å². The van der Waals surface area contributed by atoms with Crippen LogP contribution in [-0.2, 0) is 19.1 Å². The molecule has 2 amide bonds. The number of esters is 1. The zero-order valence-electron chi connectivity index (χ0n) is 15.8. The van der Waals surface area contributed by atoms with Crippen LogP contribution in [0.15, 0.2) is 0 Å². The van der Waals surface area contributed by atoms with Gasteiger partial charge in [-0.1, -0.05) is 13.8 Å². The number of hydrogen-bond acceptors (Lipinski definition) is 5. The number of ether oxygens (including phenoxy) is 2. The predicted molar refractivity (Wildman–Crippen MR) is 89.3 cm³/mol. The van der Waals surface area contributed by atoms with Gasteiger partial charge in [0.25, 0.3) is 0 Å². The van der Waals surface area contributed by atoms with Gasteiger partial charge < -0.3 is 19.3 Å². The van der Waals surface area contributed by atoms with E-state index in [4.69, 9.17) is 4.74 Å². The van der Waals surface area contributed by atoms with Gasteiger partial charge in [-0.2, -0.15) is 0 Å². The van der Waals surface area contributed by atoms with Crippen molar-refractivity contribution >= 4 is 18.0 Å². The molecule has 1 aliphatic heterocycles. The largest absolute Gasteiger partial charge is 0.458 e. The summed E-state index contributed by atoms with van der Waals surface area (Å²) in [5.41, 5.74) is -0.608. The van der Waals surface area contributed by atoms with Crippen LogP contribution in [0.25, 0.3) is 0 Å². The Morgan fingerprint density at radius 3 is 2.25 bits per heavy atom. The Labute approximate surface area is 144 Å². The van der Waals surface area contributed by atoms with Crippen LogP contribution in [0, 0.1) is 11.8 Å². The molecule has 1 heterocycles. The highest BCUT2D eigenvalue weighted by Crippen LogP contribution is 2.23. The van der Waals surface area contributed by atoms with Crippen molar-refractivity contribution in [3.8, 4) is 0 Å². The summed E-state index contributed by atoms with van der Waals surface area (Å²) in [6.07, 6.45) is 0.137. The van der Waals surface area contributed by atoms with Crippen molar-refractivity contribution in [2.75, 3.05) is 27.2 Å². The van der Waals surface area contributed by atoms with Crippen LogP contribution in [0.1, 0.15) is 41.0 Å². The number of hydrogen-bond donors (Lipinski definition) is 0. The van der Waals surface area contributed by atoms with Crippen molar-refractivity contribution in [3.05, 3.63) is 0 Å². The fraction of sp³-hybridized carbons (Fsp3) is 0.824. The van der Waals surface area contributed by atoms with E-state index in [1.54, 1.807) is 27.8 Å². The van der Waals surface area contributed by atoms with Gasteiger partial charge in [-0.25, -0.2) is 9.59 Å². The van der Waals surface area contributed by atoms with Crippen molar-refractivity contribution in [2.24, 2.45) is 11.8 Å². The molecule has 0 aromatic heterocycles. The Balaban J connectivity index is 2.81. The maximum absolute atomic E-state index is 12.8. The van der Waals surface area contributed by atoms with E-state index in [0.29, 0.717) is 19.5 Å². The van der Waals surface area contributed by atoms with E-state index in [-0.39, 0.29) is 17.7 Å². The number of carbonyl (C=O) groups is 3. The van der Waals surface area contributed by atoms with E-state index in [9.17, 15) is 14.4 Å². The molecular weight excluding hydrogens is 312 g/mol. The summed E-state index contributed by atoms with van der Waals surface area (Å²) in [5.74, 6) is -0.952. The highest BCUT2D eigenvalue weighted by atomic mass is 16.6. The van der Waals surface area contributed by atoms with Gasteiger partial charge in [-0.15, -0.1) is 0 Å². The minimum Gasteiger partial charge on any atom is -0.458 e. The Kier molecular flexibility index (Phi) is 6.63. The molecule has 1 aliphatic rings. The lowest BCUT2D eigenvalue weighted by Crippen LogP contribution is -2.50. The van der Waals surface area contributed by atoms with Crippen molar-refractivity contribution in [1.29, 1.82) is 0 Å². The third-order valence-corrected chi connectivity index (χ3v) is 4.01. The first-order chi connectivity index (χ1) is 11.0. The topological polar surface area (TPSA) is 76.2 Å². The molecule has 1 saturated heterocycles. The van der Waals surface area contributed by atoms with Gasteiger partial charge in [0.1, 0.15) is 11.6 Å². The predicted octanol–water partition coefficient (Wildman–Crippen LogP) is 1.90. The first kappa shape index (κ1) is 20.3. The quantitative estimate of drug-likeness (QED) is 0.729. The van der Waals surface area contributed by atoms with Crippen molar-refractivity contribution < 1.29 is 23.9 Å². The summed E-state index contributed by atoms with van der Waals surface area (Å²) in [6, 6.07) is -0.649. The Morgan fingerprint density at radius 1 is 1.21 bits per heavy atom. The van der Waals surface area contributed by atoms with Gasteiger partial charge in [0.2, 0.25) is 5.91 Å². The molecule has 1 fully saturated rings. The fourth-order valence-corrected chi connectivity index (χ4v) is 2.92. The molecule has 7 heteroatoms. The first-order valence-corrected chi connectivity index (χ1v) is 8.30. The molecule has 0 bridgehead atoms. The van der Waals surface area contributed by atoms with E-state index in [2.05, 4.69) is 4.74 Å². The summed E-state index contributed by atoms with van der Waals surface area (Å²) in [6.45, 7) is 9.96. The van der Waals surface area contributed by atoms with Crippen molar-refractivity contribution in [2.45, 2.75) is 52.7 Å². The second kappa shape index (κ2) is 7.85. The smallest absolute Gasteiger partial charge is 0.409 e. The van der Waals surface area contributed by atoms with Crippen LogP contribution >= 0.6 is 0 Å². The van der Waals surface area contributed by atoms with Crippen molar-refractivity contribution in [1.82, 2.24) is 9.80 Å². The number of nitrogens with zero attached hydrogens (tertiary/aromatic N) is 2. The zero-order chi connectivity index (χ0) is 18.7. The standard InChI is InChI=1S/C17H30N2O5/c1-11(2)13(15(21)24-17(3,4)5)18(6)14(20)12-8-9-19(10-12)16(22)23-7/h11-13H,8-10H2,1-7H3/t12-,13?/m0/s1. The molecule has 0 saturated carbocycles. The molecule has 24 heavy (non-hydrogen) atoms. The molecule has 0 aromatic rings. The summed E-state index contributed by atoms with van der Waals surface area (Å²) in [5, 5.41) is 0. The van der Waals surface area contributed by atoms with Gasteiger partial charge in [0.05, 0.1) is 13.0 Å². The molecule has 138 valence electrons. The molecule has 1 unspecified atom stereocenters. The summed E-state index contributed by atoms with van der Waals surface area (Å²) >= 11 is 0. The molecule has 0 N–H and O–H groups in total. The average molecular weight is 342 g/mol. The van der Waals surface area contributed by atoms with Gasteiger partial charge >= 0.3 is 12.1 Å². The van der Waals surface area contributed by atoms with E-state index >= 15 is 0 Å². The number of likely N-dealkylation sites (N-methyl/N-ethyl adjacent to an activating group) is 1. The summed E-state index contributed by atoms with van der Waals surface area (Å²) in [4.78, 5) is 39.8. The maximum atomic E-state index is 12.8. The minimum absolute atomic E-state index is 0.0769. The third kappa shape index (κ3) is 5.11. The van der Waals surface area contributed by atoms with E-state index < -0.39 is 23.7 Å². The van der Waals surface area contributed by atoms with E-state index in [0.717, 1.165) is 0 Å². The SMILES string of the molecule is COC(=O)N1CC[C@H](C(=O)N(C)C(C(=O)OC(C)(C)C)C(C)C)C1. The molecule has 0 aromatic carbocycles. The average Bonchev–Trinajstić information content (AvgIpc) is 2.92. The summed E-state index contributed by atoms with van der Waals surface area (Å²) < 4.78 is 10.1. The molecule has 2 atom stereocenters. The van der Waals surface area contributed by atoms with Crippen molar-refractivity contribution in [3.63, 3.8) is 0 Å². The van der Waals surface area contributed by atoms with Crippen LogP contribution in [0.4, 0.5) is 4.79 Å². The number of methoxy groups -OCH3 is 1. The Bertz CT molecular complexity index is 484. The van der Waals surface area contributed by atoms with Crippen LogP contribution in [0.3, 0.4) is 0 Å². The van der Waals surface area contributed by atoms with Crippen LogP contribution in [-0.4, -0.2) is 66.7 Å². The van der Waals surface area contributed by atoms with Gasteiger partial charge in [-0.3, -0.25) is 4.79 Å². The highest BCUT2D eigenvalue weighted by Gasteiger charge is 2.39. The van der Waals surface area contributed by atoms with E-state index in [1.807, 2.05) is 13.8 Å². The normalized spacial score (nSPS) is 19.2. The highest BCUT2D eigenvalue weighted by molar-refractivity contribution is 5.86. The monoisotopic (exact) mass is 342 g/mol. The van der Waals surface area contributed by atoms with Gasteiger partial charge in [-0.05, 0) is 33.1 Å². The zero-order valence-corrected chi connectivity index (χ0v) is 15.8. The number of carbonyl (C=O) groups excluding carboxylic acids is 3. The first-order valence-electron chi connectivity index (χ1n) is 8.30. The second-order valence-electron chi connectivity index (χ2n) is 7.57. The minimum atomic E-state index is -0.649. The lowest BCUT2D eigenvalue weighted by molar-refractivity contribution is -0.166. The second-order valence-corrected chi connectivity index (χ2v) is 7.57. The lowest BCUT2D eigenvalue weighted by Gasteiger charge is -2.33. The molecular formula is C17H30N2O5. The summed E-state index contributed by atoms with van der Waals surface area (Å²) in [7, 11) is 2.94. The number of amides is 2. The van der Waals surface area contributed by atoms with Crippen LogP contribution < -0.4 is 0 Å². The molecule has 7 nitrogen and oxygen atoms in total. The third-order valence-electron chi connectivity index (χ3n) is 4.01. The Morgan fingerprint density at radius 2 is 1.79 bits per heavy atom. The lowest BCUT2D eigenvalue weighted by atomic mass is 9.99. The molecule has 0 aliphatic carbocycles. The van der Waals surface area contributed by atoms with Gasteiger partial charge in [0.15, 0.2) is 0 Å². The number of likely N-dealkylation sites (tertiary alicyclic amines) is 1. The van der Waals surface area contributed by atoms with Gasteiger partial charge in [0, 0.05) is 20.1 Å².